The predicted molar refractivity (Wildman–Crippen MR) is 77.3 cm³/mol. The van der Waals surface area contributed by atoms with E-state index in [-0.39, 0.29) is 21.6 Å². The van der Waals surface area contributed by atoms with Crippen molar-refractivity contribution in [3.05, 3.63) is 23.3 Å². The summed E-state index contributed by atoms with van der Waals surface area (Å²) in [4.78, 5) is 11.2. The molecule has 1 aromatic carbocycles. The van der Waals surface area contributed by atoms with E-state index in [0.29, 0.717) is 11.3 Å². The first-order chi connectivity index (χ1) is 8.79. The Morgan fingerprint density at radius 3 is 2.68 bits per heavy atom. The Hall–Kier alpha value is -1.34. The fourth-order valence-corrected chi connectivity index (χ4v) is 4.15. The van der Waals surface area contributed by atoms with E-state index in [1.807, 2.05) is 6.92 Å². The lowest BCUT2D eigenvalue weighted by Gasteiger charge is -2.19. The van der Waals surface area contributed by atoms with E-state index in [1.54, 1.807) is 19.1 Å². The van der Waals surface area contributed by atoms with Crippen LogP contribution in [0.4, 0.5) is 5.69 Å². The standard InChI is InChI=1S/C12H14N2O3S2/c1-7-4-8(2)11-10(5-7)13-12(14-19(11,16)17)18-6-9(3)15/h4-5H,6H2,1-3H3,(H,13,14). The molecule has 7 heteroatoms. The van der Waals surface area contributed by atoms with Gasteiger partial charge in [0.15, 0.2) is 5.17 Å². The Labute approximate surface area is 116 Å². The number of rotatable bonds is 2. The average molecular weight is 298 g/mol. The van der Waals surface area contributed by atoms with Gasteiger partial charge >= 0.3 is 0 Å². The highest BCUT2D eigenvalue weighted by molar-refractivity contribution is 8.15. The third-order valence-electron chi connectivity index (χ3n) is 2.53. The number of aryl methyl sites for hydroxylation is 2. The topological polar surface area (TPSA) is 75.6 Å². The zero-order valence-electron chi connectivity index (χ0n) is 10.9. The number of thioether (sulfide) groups is 1. The maximum absolute atomic E-state index is 12.1. The third kappa shape index (κ3) is 2.98. The van der Waals surface area contributed by atoms with Gasteiger partial charge in [-0.15, -0.1) is 4.40 Å². The Bertz CT molecular complexity index is 678. The normalized spacial score (nSPS) is 16.3. The second-order valence-corrected chi connectivity index (χ2v) is 6.95. The molecule has 1 aromatic rings. The predicted octanol–water partition coefficient (Wildman–Crippen LogP) is 2.10. The summed E-state index contributed by atoms with van der Waals surface area (Å²) in [5.41, 5.74) is 2.16. The molecule has 0 bridgehead atoms. The van der Waals surface area contributed by atoms with Crippen molar-refractivity contribution in [3.63, 3.8) is 0 Å². The van der Waals surface area contributed by atoms with E-state index < -0.39 is 10.0 Å². The van der Waals surface area contributed by atoms with Crippen molar-refractivity contribution in [2.24, 2.45) is 4.40 Å². The van der Waals surface area contributed by atoms with Gasteiger partial charge in [-0.25, -0.2) is 0 Å². The van der Waals surface area contributed by atoms with Crippen molar-refractivity contribution in [1.82, 2.24) is 0 Å². The number of anilines is 1. The Morgan fingerprint density at radius 2 is 2.05 bits per heavy atom. The summed E-state index contributed by atoms with van der Waals surface area (Å²) < 4.78 is 28.0. The molecule has 1 aliphatic heterocycles. The van der Waals surface area contributed by atoms with Crippen LogP contribution in [-0.2, 0) is 14.8 Å². The van der Waals surface area contributed by atoms with Crippen LogP contribution in [0.25, 0.3) is 0 Å². The maximum Gasteiger partial charge on any atom is 0.287 e. The number of carbonyl (C=O) groups is 1. The van der Waals surface area contributed by atoms with Crippen molar-refractivity contribution in [1.29, 1.82) is 0 Å². The van der Waals surface area contributed by atoms with Crippen molar-refractivity contribution < 1.29 is 13.2 Å². The molecule has 1 heterocycles. The van der Waals surface area contributed by atoms with Gasteiger partial charge in [0.25, 0.3) is 10.0 Å². The van der Waals surface area contributed by atoms with Crippen LogP contribution in [0, 0.1) is 13.8 Å². The molecule has 19 heavy (non-hydrogen) atoms. The van der Waals surface area contributed by atoms with Crippen LogP contribution in [0.1, 0.15) is 18.1 Å². The fraction of sp³-hybridized carbons (Fsp3) is 0.333. The van der Waals surface area contributed by atoms with Crippen molar-refractivity contribution in [3.8, 4) is 0 Å². The van der Waals surface area contributed by atoms with Crippen LogP contribution in [0.15, 0.2) is 21.4 Å². The lowest BCUT2D eigenvalue weighted by atomic mass is 10.1. The molecule has 0 fully saturated rings. The Morgan fingerprint density at radius 1 is 1.37 bits per heavy atom. The van der Waals surface area contributed by atoms with Crippen molar-refractivity contribution in [2.75, 3.05) is 11.1 Å². The number of nitrogens with zero attached hydrogens (tertiary/aromatic N) is 1. The van der Waals surface area contributed by atoms with Gasteiger partial charge < -0.3 is 5.32 Å². The smallest absolute Gasteiger partial charge is 0.287 e. The number of ketones is 1. The molecule has 0 saturated carbocycles. The molecule has 2 rings (SSSR count). The average Bonchev–Trinajstić information content (AvgIpc) is 2.23. The summed E-state index contributed by atoms with van der Waals surface area (Å²) in [6.07, 6.45) is 0. The Balaban J connectivity index is 2.44. The minimum absolute atomic E-state index is 0.0295. The number of fused-ring (bicyclic) bond motifs is 1. The van der Waals surface area contributed by atoms with Gasteiger partial charge in [-0.1, -0.05) is 17.8 Å². The molecule has 0 aliphatic carbocycles. The van der Waals surface area contributed by atoms with Crippen LogP contribution >= 0.6 is 11.8 Å². The first-order valence-corrected chi connectivity index (χ1v) is 8.07. The van der Waals surface area contributed by atoms with E-state index in [9.17, 15) is 13.2 Å². The SMILES string of the molecule is CC(=O)CSC1=NS(=O)(=O)c2c(C)cc(C)cc2N1. The van der Waals surface area contributed by atoms with Crippen LogP contribution < -0.4 is 5.32 Å². The van der Waals surface area contributed by atoms with Crippen LogP contribution in [0.3, 0.4) is 0 Å². The number of benzene rings is 1. The molecule has 0 radical (unpaired) electrons. The molecule has 1 N–H and O–H groups in total. The van der Waals surface area contributed by atoms with Gasteiger partial charge in [-0.05, 0) is 38.0 Å². The summed E-state index contributed by atoms with van der Waals surface area (Å²) in [6.45, 7) is 5.09. The summed E-state index contributed by atoms with van der Waals surface area (Å²) in [5.74, 6) is 0.166. The van der Waals surface area contributed by atoms with Gasteiger partial charge in [0.1, 0.15) is 10.7 Å². The lowest BCUT2D eigenvalue weighted by Crippen LogP contribution is -2.21. The molecular formula is C12H14N2O3S2. The van der Waals surface area contributed by atoms with E-state index in [2.05, 4.69) is 9.71 Å². The molecule has 0 spiro atoms. The summed E-state index contributed by atoms with van der Waals surface area (Å²) in [6, 6.07) is 3.57. The minimum Gasteiger partial charge on any atom is -0.333 e. The van der Waals surface area contributed by atoms with Crippen LogP contribution in [-0.4, -0.2) is 25.1 Å². The van der Waals surface area contributed by atoms with Gasteiger partial charge in [-0.2, -0.15) is 8.42 Å². The van der Waals surface area contributed by atoms with E-state index >= 15 is 0 Å². The number of nitrogens with one attached hydrogen (secondary N) is 1. The van der Waals surface area contributed by atoms with Crippen molar-refractivity contribution in [2.45, 2.75) is 25.7 Å². The number of sulfonamides is 1. The van der Waals surface area contributed by atoms with E-state index in [4.69, 9.17) is 0 Å². The Kier molecular flexibility index (Phi) is 3.69. The molecule has 0 aromatic heterocycles. The van der Waals surface area contributed by atoms with Crippen molar-refractivity contribution >= 4 is 38.4 Å². The number of hydrogen-bond acceptors (Lipinski definition) is 5. The largest absolute Gasteiger partial charge is 0.333 e. The number of hydrogen-bond donors (Lipinski definition) is 1. The molecule has 0 amide bonds. The van der Waals surface area contributed by atoms with E-state index in [0.717, 1.165) is 17.3 Å². The summed E-state index contributed by atoms with van der Waals surface area (Å²) in [7, 11) is -3.69. The molecule has 0 saturated heterocycles. The molecule has 0 unspecified atom stereocenters. The second-order valence-electron chi connectivity index (χ2n) is 4.45. The van der Waals surface area contributed by atoms with Gasteiger partial charge in [0.05, 0.1) is 11.4 Å². The number of carbonyl (C=O) groups excluding carboxylic acids is 1. The summed E-state index contributed by atoms with van der Waals surface area (Å²) in [5, 5.41) is 3.21. The fourth-order valence-electron chi connectivity index (χ4n) is 1.91. The first-order valence-electron chi connectivity index (χ1n) is 5.65. The minimum atomic E-state index is -3.69. The second kappa shape index (κ2) is 4.97. The maximum atomic E-state index is 12.1. The van der Waals surface area contributed by atoms with Crippen LogP contribution in [0.5, 0.6) is 0 Å². The van der Waals surface area contributed by atoms with Gasteiger partial charge in [0, 0.05) is 0 Å². The molecular weight excluding hydrogens is 284 g/mol. The lowest BCUT2D eigenvalue weighted by molar-refractivity contribution is -0.114. The molecule has 102 valence electrons. The third-order valence-corrected chi connectivity index (χ3v) is 5.15. The number of amidine groups is 1. The molecule has 0 atom stereocenters. The zero-order valence-corrected chi connectivity index (χ0v) is 12.5. The summed E-state index contributed by atoms with van der Waals surface area (Å²) >= 11 is 1.09. The highest BCUT2D eigenvalue weighted by Crippen LogP contribution is 2.33. The molecule has 5 nitrogen and oxygen atoms in total. The highest BCUT2D eigenvalue weighted by Gasteiger charge is 2.27. The van der Waals surface area contributed by atoms with Crippen LogP contribution in [0.2, 0.25) is 0 Å². The van der Waals surface area contributed by atoms with Gasteiger partial charge in [0.2, 0.25) is 0 Å². The number of Topliss-reactive ketones (excluding diaryl/α,β-unsaturated/α-hetero) is 1. The highest BCUT2D eigenvalue weighted by atomic mass is 32.2. The van der Waals surface area contributed by atoms with Gasteiger partial charge in [-0.3, -0.25) is 4.79 Å². The zero-order chi connectivity index (χ0) is 14.2. The first kappa shape index (κ1) is 14.1. The monoisotopic (exact) mass is 298 g/mol. The van der Waals surface area contributed by atoms with E-state index in [1.165, 1.54) is 6.92 Å². The quantitative estimate of drug-likeness (QED) is 0.905. The molecule has 1 aliphatic rings.